The van der Waals surface area contributed by atoms with Gasteiger partial charge in [0.25, 0.3) is 0 Å². The molecule has 1 aromatic rings. The van der Waals surface area contributed by atoms with Gasteiger partial charge in [0.2, 0.25) is 47.3 Å². The molecule has 0 saturated carbocycles. The summed E-state index contributed by atoms with van der Waals surface area (Å²) in [5.41, 5.74) is 5.93. The second kappa shape index (κ2) is 25.4. The number of benzene rings is 1. The molecule has 12 atom stereocenters. The van der Waals surface area contributed by atoms with Gasteiger partial charge in [-0.15, -0.1) is 0 Å². The molecule has 0 radical (unpaired) electrons. The number of esters is 1. The molecular weight excluding hydrogens is 869 g/mol. The van der Waals surface area contributed by atoms with E-state index in [0.29, 0.717) is 24.8 Å². The van der Waals surface area contributed by atoms with Gasteiger partial charge in [0.15, 0.2) is 0 Å². The highest BCUT2D eigenvalue weighted by atomic mass is 16.5. The molecule has 20 nitrogen and oxygen atoms in total. The number of primary amides is 1. The summed E-state index contributed by atoms with van der Waals surface area (Å²) in [4.78, 5) is 128. The molecule has 9 N–H and O–H groups in total. The zero-order valence-corrected chi connectivity index (χ0v) is 40.6. The highest BCUT2D eigenvalue weighted by molar-refractivity contribution is 5.98. The van der Waals surface area contributed by atoms with Crippen molar-refractivity contribution in [2.45, 2.75) is 175 Å². The van der Waals surface area contributed by atoms with Crippen molar-refractivity contribution >= 4 is 53.2 Å². The summed E-state index contributed by atoms with van der Waals surface area (Å²) in [6, 6.07) is -3.78. The molecule has 1 aromatic carbocycles. The quantitative estimate of drug-likeness (QED) is 0.107. The molecule has 2 saturated heterocycles. The number of likely N-dealkylation sites (N-methyl/N-ethyl adjacent to an activating group) is 1. The van der Waals surface area contributed by atoms with Crippen molar-refractivity contribution in [2.75, 3.05) is 7.05 Å². The third-order valence-corrected chi connectivity index (χ3v) is 13.0. The molecular formula is C47H74N8O12. The van der Waals surface area contributed by atoms with Gasteiger partial charge >= 0.3 is 5.97 Å². The van der Waals surface area contributed by atoms with E-state index in [1.54, 1.807) is 67.5 Å². The number of carbonyl (C=O) groups is 9. The summed E-state index contributed by atoms with van der Waals surface area (Å²) in [5.74, 6) is -9.17. The Morgan fingerprint density at radius 1 is 0.836 bits per heavy atom. The Morgan fingerprint density at radius 2 is 1.46 bits per heavy atom. The number of nitrogens with zero attached hydrogens (tertiary/aromatic N) is 2. The van der Waals surface area contributed by atoms with E-state index in [1.807, 2.05) is 0 Å². The van der Waals surface area contributed by atoms with Crippen LogP contribution in [0.3, 0.4) is 0 Å². The number of hydrogen-bond acceptors (Lipinski definition) is 12. The number of fused-ring (bicyclic) bond motifs is 2. The molecule has 0 spiro atoms. The van der Waals surface area contributed by atoms with E-state index in [9.17, 15) is 53.4 Å². The van der Waals surface area contributed by atoms with Crippen LogP contribution in [0.25, 0.3) is 0 Å². The predicted molar refractivity (Wildman–Crippen MR) is 246 cm³/mol. The highest BCUT2D eigenvalue weighted by Crippen LogP contribution is 2.28. The van der Waals surface area contributed by atoms with Crippen molar-refractivity contribution in [3.8, 4) is 5.75 Å². The number of phenolic OH excluding ortho intramolecular Hbond substituents is 1. The van der Waals surface area contributed by atoms with Gasteiger partial charge in [-0.3, -0.25) is 38.4 Å². The number of hydrogen-bond donors (Lipinski definition) is 8. The molecule has 0 aliphatic carbocycles. The van der Waals surface area contributed by atoms with E-state index in [-0.39, 0.29) is 50.2 Å². The van der Waals surface area contributed by atoms with E-state index in [0.717, 1.165) is 4.90 Å². The van der Waals surface area contributed by atoms with Crippen LogP contribution in [0.4, 0.5) is 0 Å². The third-order valence-electron chi connectivity index (χ3n) is 13.0. The number of aliphatic hydroxyl groups excluding tert-OH is 1. The average Bonchev–Trinajstić information content (AvgIpc) is 3.28. The normalized spacial score (nSPS) is 26.6. The number of aromatic hydroxyl groups is 1. The van der Waals surface area contributed by atoms with Crippen LogP contribution in [0.5, 0.6) is 5.75 Å². The lowest BCUT2D eigenvalue weighted by molar-refractivity contribution is -0.168. The molecule has 5 unspecified atom stereocenters. The second-order valence-corrected chi connectivity index (χ2v) is 18.6. The monoisotopic (exact) mass is 943 g/mol. The van der Waals surface area contributed by atoms with E-state index < -0.39 is 126 Å². The Morgan fingerprint density at radius 3 is 2.03 bits per heavy atom. The zero-order chi connectivity index (χ0) is 50.4. The van der Waals surface area contributed by atoms with Crippen LogP contribution in [0, 0.1) is 23.7 Å². The minimum absolute atomic E-state index is 0.0224. The van der Waals surface area contributed by atoms with Crippen LogP contribution >= 0.6 is 0 Å². The van der Waals surface area contributed by atoms with Gasteiger partial charge in [0.1, 0.15) is 60.4 Å². The summed E-state index contributed by atoms with van der Waals surface area (Å²) in [7, 11) is 1.38. The van der Waals surface area contributed by atoms with Crippen LogP contribution in [0.15, 0.2) is 24.3 Å². The molecule has 20 heteroatoms. The van der Waals surface area contributed by atoms with Gasteiger partial charge in [-0.2, -0.15) is 0 Å². The van der Waals surface area contributed by atoms with Crippen LogP contribution in [-0.4, -0.2) is 135 Å². The average molecular weight is 943 g/mol. The number of amides is 8. The number of piperidine rings is 1. The summed E-state index contributed by atoms with van der Waals surface area (Å²) in [5, 5.41) is 34.8. The molecule has 2 heterocycles. The number of phenols is 1. The number of cyclic esters (lactones) is 1. The number of ether oxygens (including phenoxy) is 1. The van der Waals surface area contributed by atoms with Crippen LogP contribution in [0.2, 0.25) is 0 Å². The van der Waals surface area contributed by atoms with Crippen molar-refractivity contribution in [2.24, 2.45) is 29.4 Å². The number of rotatable bonds is 16. The summed E-state index contributed by atoms with van der Waals surface area (Å²) < 4.78 is 5.92. The minimum atomic E-state index is -1.74. The van der Waals surface area contributed by atoms with Gasteiger partial charge < -0.3 is 57.1 Å². The molecule has 0 aromatic heterocycles. The van der Waals surface area contributed by atoms with Crippen molar-refractivity contribution < 1.29 is 58.1 Å². The highest BCUT2D eigenvalue weighted by Gasteiger charge is 2.47. The lowest BCUT2D eigenvalue weighted by atomic mass is 9.91. The first-order valence-electron chi connectivity index (χ1n) is 23.5. The Labute approximate surface area is 393 Å². The standard InChI is InChI=1S/C47H74N8O12/c1-11-25(6)37-47(66)67-28(9)38(53-41(60)31(18-20-35(48)57)49-40(59)27(8)13-3)44(63)51-33(22-24(4)5)42(61)50-32-19-21-36(58)55(45(32)64)39(26(7)12-2)46(65)54(10)34(43(62)52-37)23-29-14-16-30(56)17-15-29/h14-17,24-28,31-34,36-39,56,58H,11-13,18-23H2,1-10H3,(H2,48,57)(H,49,59)(H,50,61)(H,51,63)(H,52,62)(H,53,60)/t25?,26?,27?,28-,31+,32?,33+,34+,36+,37+,38+,39?/m1/s1. The van der Waals surface area contributed by atoms with Gasteiger partial charge in [-0.25, -0.2) is 4.79 Å². The Hall–Kier alpha value is -5.79. The molecule has 3 rings (SSSR count). The summed E-state index contributed by atoms with van der Waals surface area (Å²) >= 11 is 0. The summed E-state index contributed by atoms with van der Waals surface area (Å²) in [6.45, 7) is 15.3. The van der Waals surface area contributed by atoms with E-state index in [1.165, 1.54) is 31.0 Å². The van der Waals surface area contributed by atoms with E-state index in [2.05, 4.69) is 26.6 Å². The molecule has 374 valence electrons. The van der Waals surface area contributed by atoms with E-state index >= 15 is 0 Å². The van der Waals surface area contributed by atoms with Gasteiger partial charge in [0, 0.05) is 25.8 Å². The minimum Gasteiger partial charge on any atom is -0.508 e. The van der Waals surface area contributed by atoms with E-state index in [4.69, 9.17) is 10.5 Å². The fourth-order valence-electron chi connectivity index (χ4n) is 8.03. The smallest absolute Gasteiger partial charge is 0.329 e. The number of carbonyl (C=O) groups excluding carboxylic acids is 9. The van der Waals surface area contributed by atoms with Crippen molar-refractivity contribution in [1.82, 2.24) is 36.4 Å². The first-order valence-corrected chi connectivity index (χ1v) is 23.5. The maximum Gasteiger partial charge on any atom is 0.329 e. The fourth-order valence-corrected chi connectivity index (χ4v) is 8.03. The molecule has 2 aliphatic rings. The van der Waals surface area contributed by atoms with Crippen molar-refractivity contribution in [1.29, 1.82) is 0 Å². The third kappa shape index (κ3) is 15.1. The second-order valence-electron chi connectivity index (χ2n) is 18.6. The number of nitrogens with one attached hydrogen (secondary N) is 5. The largest absolute Gasteiger partial charge is 0.508 e. The zero-order valence-electron chi connectivity index (χ0n) is 40.6. The predicted octanol–water partition coefficient (Wildman–Crippen LogP) is 0.890. The van der Waals surface area contributed by atoms with Gasteiger partial charge in [-0.05, 0) is 74.5 Å². The lowest BCUT2D eigenvalue weighted by Crippen LogP contribution is -2.66. The Kier molecular flexibility index (Phi) is 21.0. The van der Waals surface area contributed by atoms with Crippen LogP contribution in [0.1, 0.15) is 119 Å². The first kappa shape index (κ1) is 55.5. The Balaban J connectivity index is 2.27. The maximum absolute atomic E-state index is 14.9. The SMILES string of the molecule is CCC(C)C(=O)N[C@@H](CCC(N)=O)C(=O)N[C@@H]1C(=O)N[C@@H](CC(C)C)C(=O)NC2CC[C@H](O)N(C2=O)C(C(C)CC)C(=O)N(C)[C@@H](Cc2ccc(O)cc2)C(=O)N[C@@H](C(C)CC)C(=O)O[C@@H]1C. The molecule has 2 fully saturated rings. The van der Waals surface area contributed by atoms with Crippen molar-refractivity contribution in [3.63, 3.8) is 0 Å². The van der Waals surface area contributed by atoms with Crippen molar-refractivity contribution in [3.05, 3.63) is 29.8 Å². The lowest BCUT2D eigenvalue weighted by Gasteiger charge is -2.44. The van der Waals surface area contributed by atoms with Gasteiger partial charge in [-0.1, -0.05) is 80.4 Å². The summed E-state index contributed by atoms with van der Waals surface area (Å²) in [6.07, 6.45) is -2.52. The van der Waals surface area contributed by atoms with Crippen LogP contribution < -0.4 is 32.3 Å². The molecule has 2 aliphatic heterocycles. The molecule has 67 heavy (non-hydrogen) atoms. The molecule has 8 amide bonds. The number of nitrogens with two attached hydrogens (primary N) is 1. The topological polar surface area (TPSA) is 296 Å². The first-order chi connectivity index (χ1) is 31.4. The van der Waals surface area contributed by atoms with Gasteiger partial charge in [0.05, 0.1) is 0 Å². The molecule has 2 bridgehead atoms. The Bertz CT molecular complexity index is 1930. The fraction of sp³-hybridized carbons (Fsp3) is 0.681. The maximum atomic E-state index is 14.9. The number of aliphatic hydroxyl groups is 1. The van der Waals surface area contributed by atoms with Crippen LogP contribution in [-0.2, 0) is 54.3 Å².